The number of ether oxygens (including phenoxy) is 1. The van der Waals surface area contributed by atoms with E-state index < -0.39 is 24.3 Å². The third kappa shape index (κ3) is 8.80. The summed E-state index contributed by atoms with van der Waals surface area (Å²) in [4.78, 5) is 31.6. The van der Waals surface area contributed by atoms with Crippen molar-refractivity contribution in [2.45, 2.75) is 44.1 Å². The smallest absolute Gasteiger partial charge is 0.475 e. The van der Waals surface area contributed by atoms with Crippen molar-refractivity contribution in [2.75, 3.05) is 44.3 Å². The number of alkyl halides is 6. The van der Waals surface area contributed by atoms with Gasteiger partial charge in [0.1, 0.15) is 0 Å². The monoisotopic (exact) mass is 516 g/mol. The molecule has 3 fully saturated rings. The minimum Gasteiger partial charge on any atom is -0.475 e. The second kappa shape index (κ2) is 11.8. The lowest BCUT2D eigenvalue weighted by atomic mass is 9.77. The highest BCUT2D eigenvalue weighted by Crippen LogP contribution is 2.41. The lowest BCUT2D eigenvalue weighted by Gasteiger charge is -2.41. The molecule has 9 nitrogen and oxygen atoms in total. The van der Waals surface area contributed by atoms with Crippen LogP contribution in [0.4, 0.5) is 32.3 Å². The van der Waals surface area contributed by atoms with Crippen molar-refractivity contribution >= 4 is 17.9 Å². The third-order valence-electron chi connectivity index (χ3n) is 6.04. The van der Waals surface area contributed by atoms with Crippen LogP contribution in [0.25, 0.3) is 0 Å². The number of rotatable bonds is 2. The Labute approximate surface area is 196 Å². The predicted octanol–water partition coefficient (Wildman–Crippen LogP) is 2.82. The highest BCUT2D eigenvalue weighted by atomic mass is 19.4. The number of carbonyl (C=O) groups is 2. The molecule has 4 rings (SSSR count). The summed E-state index contributed by atoms with van der Waals surface area (Å²) >= 11 is 0. The topological polar surface area (TPSA) is 116 Å². The summed E-state index contributed by atoms with van der Waals surface area (Å²) in [6.07, 6.45) is -1.34. The number of halogens is 6. The molecular weight excluding hydrogens is 490 g/mol. The first-order valence-electron chi connectivity index (χ1n) is 10.7. The summed E-state index contributed by atoms with van der Waals surface area (Å²) in [6, 6.07) is 2.56. The van der Waals surface area contributed by atoms with Gasteiger partial charge in [-0.3, -0.25) is 4.90 Å². The number of piperidine rings is 1. The summed E-state index contributed by atoms with van der Waals surface area (Å²) < 4.78 is 69.0. The van der Waals surface area contributed by atoms with E-state index in [4.69, 9.17) is 24.5 Å². The minimum atomic E-state index is -5.08. The molecule has 0 bridgehead atoms. The Morgan fingerprint density at radius 1 is 0.943 bits per heavy atom. The van der Waals surface area contributed by atoms with Crippen LogP contribution >= 0.6 is 0 Å². The van der Waals surface area contributed by atoms with Gasteiger partial charge in [0.05, 0.1) is 6.61 Å². The highest BCUT2D eigenvalue weighted by Gasteiger charge is 2.42. The Balaban J connectivity index is 0.000000257. The fourth-order valence-electron chi connectivity index (χ4n) is 4.14. The number of carboxylic acid groups (broad SMARTS) is 2. The van der Waals surface area contributed by atoms with E-state index in [1.165, 1.54) is 38.8 Å². The number of carboxylic acids is 2. The van der Waals surface area contributed by atoms with E-state index >= 15 is 0 Å². The molecule has 35 heavy (non-hydrogen) atoms. The van der Waals surface area contributed by atoms with E-state index in [0.717, 1.165) is 32.3 Å². The van der Waals surface area contributed by atoms with Crippen LogP contribution < -0.4 is 4.90 Å². The second-order valence-corrected chi connectivity index (χ2v) is 8.38. The van der Waals surface area contributed by atoms with Gasteiger partial charge in [-0.05, 0) is 50.3 Å². The van der Waals surface area contributed by atoms with Crippen molar-refractivity contribution in [3.63, 3.8) is 0 Å². The molecule has 1 aromatic heterocycles. The van der Waals surface area contributed by atoms with Gasteiger partial charge in [0.15, 0.2) is 0 Å². The number of aliphatic carboxylic acids is 2. The second-order valence-electron chi connectivity index (χ2n) is 8.38. The molecule has 15 heteroatoms. The van der Waals surface area contributed by atoms with Crippen LogP contribution in [0, 0.1) is 5.41 Å². The van der Waals surface area contributed by atoms with Gasteiger partial charge < -0.3 is 19.8 Å². The van der Waals surface area contributed by atoms with Crippen molar-refractivity contribution in [1.82, 2.24) is 14.9 Å². The summed E-state index contributed by atoms with van der Waals surface area (Å²) in [5.41, 5.74) is 0.495. The molecule has 0 aromatic carbocycles. The van der Waals surface area contributed by atoms with Gasteiger partial charge in [-0.15, -0.1) is 0 Å². The number of anilines is 1. The van der Waals surface area contributed by atoms with Gasteiger partial charge in [0.25, 0.3) is 0 Å². The molecule has 198 valence electrons. The summed E-state index contributed by atoms with van der Waals surface area (Å²) in [7, 11) is 0. The normalized spacial score (nSPS) is 22.1. The Bertz CT molecular complexity index is 802. The lowest BCUT2D eigenvalue weighted by Crippen LogP contribution is -2.46. The van der Waals surface area contributed by atoms with Crippen molar-refractivity contribution in [2.24, 2.45) is 5.41 Å². The maximum atomic E-state index is 10.6. The van der Waals surface area contributed by atoms with E-state index in [2.05, 4.69) is 19.8 Å². The van der Waals surface area contributed by atoms with Gasteiger partial charge in [-0.2, -0.15) is 26.3 Å². The molecule has 0 amide bonds. The number of nitrogens with zero attached hydrogens (tertiary/aromatic N) is 4. The van der Waals surface area contributed by atoms with Crippen LogP contribution in [0.5, 0.6) is 0 Å². The molecule has 0 saturated carbocycles. The third-order valence-corrected chi connectivity index (χ3v) is 6.04. The highest BCUT2D eigenvalue weighted by molar-refractivity contribution is 5.73. The van der Waals surface area contributed by atoms with E-state index in [-0.39, 0.29) is 0 Å². The van der Waals surface area contributed by atoms with Crippen molar-refractivity contribution in [3.8, 4) is 0 Å². The van der Waals surface area contributed by atoms with Crippen LogP contribution in [0.1, 0.15) is 25.7 Å². The molecule has 3 aliphatic rings. The Kier molecular flexibility index (Phi) is 9.66. The molecule has 1 spiro atoms. The van der Waals surface area contributed by atoms with Gasteiger partial charge in [0, 0.05) is 38.1 Å². The number of hydrogen-bond donors (Lipinski definition) is 2. The molecule has 2 N–H and O–H groups in total. The zero-order valence-electron chi connectivity index (χ0n) is 18.6. The van der Waals surface area contributed by atoms with Crippen LogP contribution in [-0.4, -0.2) is 94.8 Å². The van der Waals surface area contributed by atoms with Crippen LogP contribution in [0.15, 0.2) is 18.5 Å². The summed E-state index contributed by atoms with van der Waals surface area (Å²) in [5, 5.41) is 14.2. The van der Waals surface area contributed by atoms with E-state index in [1.807, 2.05) is 18.5 Å². The molecule has 0 aliphatic carbocycles. The van der Waals surface area contributed by atoms with Crippen molar-refractivity contribution in [1.29, 1.82) is 0 Å². The average molecular weight is 516 g/mol. The molecular formula is C20H26F6N4O5. The van der Waals surface area contributed by atoms with E-state index in [9.17, 15) is 26.3 Å². The zero-order chi connectivity index (χ0) is 26.3. The van der Waals surface area contributed by atoms with Gasteiger partial charge in [-0.1, -0.05) is 0 Å². The SMILES string of the molecule is O=C(O)C(F)(F)F.O=C(O)C(F)(F)F.c1cnc(N2CCC3(CCN(C4CCOC4)CC3)C2)nc1. The van der Waals surface area contributed by atoms with Crippen LogP contribution in [-0.2, 0) is 14.3 Å². The number of hydrogen-bond acceptors (Lipinski definition) is 7. The molecule has 3 aliphatic heterocycles. The van der Waals surface area contributed by atoms with Gasteiger partial charge >= 0.3 is 24.3 Å². The molecule has 1 atom stereocenters. The largest absolute Gasteiger partial charge is 0.490 e. The first kappa shape index (κ1) is 28.6. The fourth-order valence-corrected chi connectivity index (χ4v) is 4.14. The first-order valence-corrected chi connectivity index (χ1v) is 10.7. The zero-order valence-corrected chi connectivity index (χ0v) is 18.6. The molecule has 3 saturated heterocycles. The van der Waals surface area contributed by atoms with Gasteiger partial charge in [0.2, 0.25) is 5.95 Å². The quantitative estimate of drug-likeness (QED) is 0.573. The van der Waals surface area contributed by atoms with E-state index in [1.54, 1.807) is 0 Å². The maximum absolute atomic E-state index is 10.6. The first-order chi connectivity index (χ1) is 16.2. The lowest BCUT2D eigenvalue weighted by molar-refractivity contribution is -0.193. The fraction of sp³-hybridized carbons (Fsp3) is 0.700. The Morgan fingerprint density at radius 3 is 1.86 bits per heavy atom. The molecule has 4 heterocycles. The number of likely N-dealkylation sites (tertiary alicyclic amines) is 1. The van der Waals surface area contributed by atoms with Crippen LogP contribution in [0.3, 0.4) is 0 Å². The van der Waals surface area contributed by atoms with Crippen molar-refractivity contribution < 1.29 is 50.9 Å². The predicted molar refractivity (Wildman–Crippen MR) is 109 cm³/mol. The summed E-state index contributed by atoms with van der Waals surface area (Å²) in [6.45, 7) is 6.60. The maximum Gasteiger partial charge on any atom is 0.490 e. The van der Waals surface area contributed by atoms with Gasteiger partial charge in [-0.25, -0.2) is 19.6 Å². The standard InChI is InChI=1S/C16H24N4O.2C2HF3O2/c1-6-17-15(18-7-1)20-10-5-16(13-20)3-8-19(9-4-16)14-2-11-21-12-14;2*3-2(4,5)1(6)7/h1,6-7,14H,2-5,8-13H2;2*(H,6,7). The van der Waals surface area contributed by atoms with E-state index in [0.29, 0.717) is 11.5 Å². The molecule has 1 aromatic rings. The van der Waals surface area contributed by atoms with Crippen LogP contribution in [0.2, 0.25) is 0 Å². The Hall–Kier alpha value is -2.68. The van der Waals surface area contributed by atoms with Crippen molar-refractivity contribution in [3.05, 3.63) is 18.5 Å². The molecule has 0 radical (unpaired) electrons. The molecule has 1 unspecified atom stereocenters. The minimum absolute atomic E-state index is 0.495. The average Bonchev–Trinajstić information content (AvgIpc) is 3.46. The summed E-state index contributed by atoms with van der Waals surface area (Å²) in [5.74, 6) is -4.61. The number of aromatic nitrogens is 2. The Morgan fingerprint density at radius 2 is 1.43 bits per heavy atom.